The topological polar surface area (TPSA) is 78.9 Å². The van der Waals surface area contributed by atoms with Gasteiger partial charge in [0.15, 0.2) is 0 Å². The zero-order valence-electron chi connectivity index (χ0n) is 12.9. The monoisotopic (exact) mass is 298 g/mol. The quantitative estimate of drug-likeness (QED) is 0.833. The zero-order valence-corrected chi connectivity index (χ0v) is 12.9. The fourth-order valence-corrected chi connectivity index (χ4v) is 3.32. The maximum Gasteiger partial charge on any atom is 0.329 e. The van der Waals surface area contributed by atoms with Crippen LogP contribution in [0.15, 0.2) is 0 Å². The van der Waals surface area contributed by atoms with Crippen molar-refractivity contribution in [2.45, 2.75) is 57.0 Å². The van der Waals surface area contributed by atoms with Gasteiger partial charge in [-0.2, -0.15) is 0 Å². The fourth-order valence-electron chi connectivity index (χ4n) is 3.32. The van der Waals surface area contributed by atoms with Crippen LogP contribution in [0.2, 0.25) is 0 Å². The molecule has 1 saturated heterocycles. The van der Waals surface area contributed by atoms with Gasteiger partial charge < -0.3 is 20.1 Å². The van der Waals surface area contributed by atoms with Gasteiger partial charge in [-0.25, -0.2) is 9.59 Å². The lowest BCUT2D eigenvalue weighted by Gasteiger charge is -2.38. The molecule has 120 valence electrons. The third-order valence-electron chi connectivity index (χ3n) is 4.88. The van der Waals surface area contributed by atoms with Crippen LogP contribution in [0, 0.1) is 5.92 Å². The fraction of sp³-hybridized carbons (Fsp3) is 0.867. The number of nitrogens with zero attached hydrogens (tertiary/aromatic N) is 1. The van der Waals surface area contributed by atoms with E-state index in [2.05, 4.69) is 12.2 Å². The minimum absolute atomic E-state index is 0.208. The summed E-state index contributed by atoms with van der Waals surface area (Å²) >= 11 is 0. The second-order valence-electron chi connectivity index (χ2n) is 6.47. The van der Waals surface area contributed by atoms with Crippen molar-refractivity contribution in [1.82, 2.24) is 10.2 Å². The average molecular weight is 298 g/mol. The van der Waals surface area contributed by atoms with Crippen molar-refractivity contribution in [3.63, 3.8) is 0 Å². The highest BCUT2D eigenvalue weighted by Gasteiger charge is 2.42. The van der Waals surface area contributed by atoms with Gasteiger partial charge in [-0.3, -0.25) is 0 Å². The number of amides is 2. The molecule has 0 radical (unpaired) electrons. The standard InChI is InChI=1S/C15H26N2O4/c1-11-4-3-5-12(10-11)17(2)14(20)16-15(13(18)19)6-8-21-9-7-15/h11-12H,3-10H2,1-2H3,(H,16,20)(H,18,19). The van der Waals surface area contributed by atoms with Crippen LogP contribution in [0.3, 0.4) is 0 Å². The molecular formula is C15H26N2O4. The molecular weight excluding hydrogens is 272 g/mol. The molecule has 0 aromatic heterocycles. The van der Waals surface area contributed by atoms with Gasteiger partial charge in [0.05, 0.1) is 0 Å². The summed E-state index contributed by atoms with van der Waals surface area (Å²) in [6, 6.07) is -0.0714. The lowest BCUT2D eigenvalue weighted by atomic mass is 9.86. The SMILES string of the molecule is CC1CCCC(N(C)C(=O)NC2(C(=O)O)CCOCC2)C1. The van der Waals surface area contributed by atoms with Crippen LogP contribution >= 0.6 is 0 Å². The van der Waals surface area contributed by atoms with Gasteiger partial charge in [-0.1, -0.05) is 19.8 Å². The lowest BCUT2D eigenvalue weighted by Crippen LogP contribution is -2.61. The van der Waals surface area contributed by atoms with E-state index < -0.39 is 11.5 Å². The van der Waals surface area contributed by atoms with Gasteiger partial charge in [-0.15, -0.1) is 0 Å². The van der Waals surface area contributed by atoms with Crippen LogP contribution in [0.5, 0.6) is 0 Å². The number of urea groups is 1. The number of carbonyl (C=O) groups excluding carboxylic acids is 1. The van der Waals surface area contributed by atoms with Crippen LogP contribution in [0.25, 0.3) is 0 Å². The molecule has 2 atom stereocenters. The van der Waals surface area contributed by atoms with Crippen molar-refractivity contribution in [1.29, 1.82) is 0 Å². The molecule has 1 aliphatic carbocycles. The van der Waals surface area contributed by atoms with Crippen molar-refractivity contribution in [2.24, 2.45) is 5.92 Å². The summed E-state index contributed by atoms with van der Waals surface area (Å²) in [6.45, 7) is 2.95. The van der Waals surface area contributed by atoms with E-state index in [1.165, 1.54) is 6.42 Å². The first-order valence-corrected chi connectivity index (χ1v) is 7.81. The molecule has 6 nitrogen and oxygen atoms in total. The van der Waals surface area contributed by atoms with Crippen molar-refractivity contribution in [3.05, 3.63) is 0 Å². The minimum atomic E-state index is -1.18. The molecule has 2 N–H and O–H groups in total. The Morgan fingerprint density at radius 2 is 1.95 bits per heavy atom. The predicted molar refractivity (Wildman–Crippen MR) is 78.1 cm³/mol. The van der Waals surface area contributed by atoms with Gasteiger partial charge in [0.25, 0.3) is 0 Å². The van der Waals surface area contributed by atoms with Gasteiger partial charge in [0.2, 0.25) is 0 Å². The Bertz CT molecular complexity index is 393. The van der Waals surface area contributed by atoms with E-state index in [0.29, 0.717) is 32.0 Å². The summed E-state index contributed by atoms with van der Waals surface area (Å²) < 4.78 is 5.22. The first kappa shape index (κ1) is 16.1. The number of aliphatic carboxylic acids is 1. The molecule has 2 fully saturated rings. The van der Waals surface area contributed by atoms with Gasteiger partial charge in [0, 0.05) is 39.1 Å². The van der Waals surface area contributed by atoms with E-state index in [4.69, 9.17) is 4.74 Å². The minimum Gasteiger partial charge on any atom is -0.480 e. The summed E-state index contributed by atoms with van der Waals surface area (Å²) in [5.74, 6) is -0.347. The number of hydrogen-bond acceptors (Lipinski definition) is 3. The number of nitrogens with one attached hydrogen (secondary N) is 1. The molecule has 0 bridgehead atoms. The Labute approximate surface area is 125 Å². The predicted octanol–water partition coefficient (Wildman–Crippen LogP) is 1.84. The molecule has 1 heterocycles. The molecule has 2 aliphatic rings. The zero-order chi connectivity index (χ0) is 15.5. The summed E-state index contributed by atoms with van der Waals surface area (Å²) in [5, 5.41) is 12.2. The summed E-state index contributed by atoms with van der Waals surface area (Å²) in [4.78, 5) is 25.7. The van der Waals surface area contributed by atoms with Crippen LogP contribution in [-0.4, -0.2) is 53.8 Å². The van der Waals surface area contributed by atoms with Gasteiger partial charge in [-0.05, 0) is 18.8 Å². The second kappa shape index (κ2) is 6.64. The normalized spacial score (nSPS) is 28.7. The molecule has 1 saturated carbocycles. The number of ether oxygens (including phenoxy) is 1. The molecule has 1 aliphatic heterocycles. The van der Waals surface area contributed by atoms with Crippen LogP contribution < -0.4 is 5.32 Å². The number of carbonyl (C=O) groups is 2. The Hall–Kier alpha value is -1.30. The highest BCUT2D eigenvalue weighted by molar-refractivity contribution is 5.86. The van der Waals surface area contributed by atoms with E-state index in [1.54, 1.807) is 11.9 Å². The Balaban J connectivity index is 1.99. The van der Waals surface area contributed by atoms with Crippen LogP contribution in [0.4, 0.5) is 4.79 Å². The van der Waals surface area contributed by atoms with E-state index in [0.717, 1.165) is 19.3 Å². The maximum absolute atomic E-state index is 12.4. The molecule has 2 rings (SSSR count). The Kier molecular flexibility index (Phi) is 5.08. The lowest BCUT2D eigenvalue weighted by molar-refractivity contribution is -0.148. The average Bonchev–Trinajstić information content (AvgIpc) is 2.47. The molecule has 0 aromatic carbocycles. The highest BCUT2D eigenvalue weighted by Crippen LogP contribution is 2.27. The van der Waals surface area contributed by atoms with Crippen LogP contribution in [-0.2, 0) is 9.53 Å². The Morgan fingerprint density at radius 3 is 2.52 bits per heavy atom. The number of rotatable bonds is 3. The van der Waals surface area contributed by atoms with Crippen molar-refractivity contribution in [2.75, 3.05) is 20.3 Å². The maximum atomic E-state index is 12.4. The Morgan fingerprint density at radius 1 is 1.29 bits per heavy atom. The largest absolute Gasteiger partial charge is 0.480 e. The van der Waals surface area contributed by atoms with Crippen molar-refractivity contribution >= 4 is 12.0 Å². The van der Waals surface area contributed by atoms with E-state index in [-0.39, 0.29) is 12.1 Å². The number of hydrogen-bond donors (Lipinski definition) is 2. The van der Waals surface area contributed by atoms with E-state index in [9.17, 15) is 14.7 Å². The van der Waals surface area contributed by atoms with Gasteiger partial charge >= 0.3 is 12.0 Å². The van der Waals surface area contributed by atoms with Gasteiger partial charge in [0.1, 0.15) is 5.54 Å². The number of carboxylic acids is 1. The molecule has 2 unspecified atom stereocenters. The molecule has 0 aromatic rings. The highest BCUT2D eigenvalue weighted by atomic mass is 16.5. The van der Waals surface area contributed by atoms with E-state index >= 15 is 0 Å². The number of carboxylic acid groups (broad SMARTS) is 1. The first-order chi connectivity index (χ1) is 9.94. The third kappa shape index (κ3) is 3.67. The van der Waals surface area contributed by atoms with Crippen molar-refractivity contribution in [3.8, 4) is 0 Å². The van der Waals surface area contributed by atoms with Crippen LogP contribution in [0.1, 0.15) is 45.4 Å². The van der Waals surface area contributed by atoms with Crippen molar-refractivity contribution < 1.29 is 19.4 Å². The third-order valence-corrected chi connectivity index (χ3v) is 4.88. The molecule has 0 spiro atoms. The second-order valence-corrected chi connectivity index (χ2v) is 6.47. The molecule has 6 heteroatoms. The first-order valence-electron chi connectivity index (χ1n) is 7.81. The summed E-state index contributed by atoms with van der Waals surface area (Å²) in [6.07, 6.45) is 4.97. The molecule has 21 heavy (non-hydrogen) atoms. The smallest absolute Gasteiger partial charge is 0.329 e. The summed E-state index contributed by atoms with van der Waals surface area (Å²) in [5.41, 5.74) is -1.18. The van der Waals surface area contributed by atoms with E-state index in [1.807, 2.05) is 0 Å². The summed E-state index contributed by atoms with van der Waals surface area (Å²) in [7, 11) is 1.77. The molecule has 2 amide bonds.